The maximum absolute atomic E-state index is 11.2. The molecule has 0 aliphatic carbocycles. The minimum Gasteiger partial charge on any atom is -0.350 e. The first-order valence-electron chi connectivity index (χ1n) is 4.80. The quantitative estimate of drug-likeness (QED) is 0.795. The van der Waals surface area contributed by atoms with Gasteiger partial charge in [0.2, 0.25) is 5.91 Å². The summed E-state index contributed by atoms with van der Waals surface area (Å²) >= 11 is 5.43. The second kappa shape index (κ2) is 5.12. The lowest BCUT2D eigenvalue weighted by atomic mass is 9.98. The minimum atomic E-state index is -0.319. The molecular formula is C11H15ClN2O. The molecule has 0 unspecified atom stereocenters. The van der Waals surface area contributed by atoms with Gasteiger partial charge in [0.05, 0.1) is 0 Å². The van der Waals surface area contributed by atoms with Gasteiger partial charge in [0.25, 0.3) is 0 Å². The highest BCUT2D eigenvalue weighted by atomic mass is 35.5. The van der Waals surface area contributed by atoms with Gasteiger partial charge in [-0.25, -0.2) is 0 Å². The molecule has 0 atom stereocenters. The average Bonchev–Trinajstić information content (AvgIpc) is 2.17. The third kappa shape index (κ3) is 4.30. The SMILES string of the molecule is CC(C)(Cc1ccccn1)NC(=O)CCl. The van der Waals surface area contributed by atoms with E-state index in [2.05, 4.69) is 10.3 Å². The third-order valence-electron chi connectivity index (χ3n) is 1.95. The first kappa shape index (κ1) is 12.0. The normalized spacial score (nSPS) is 11.1. The molecule has 0 aromatic carbocycles. The lowest BCUT2D eigenvalue weighted by Gasteiger charge is -2.25. The van der Waals surface area contributed by atoms with Gasteiger partial charge in [-0.1, -0.05) is 6.07 Å². The summed E-state index contributed by atoms with van der Waals surface area (Å²) in [7, 11) is 0. The number of rotatable bonds is 4. The number of hydrogen-bond donors (Lipinski definition) is 1. The lowest BCUT2D eigenvalue weighted by Crippen LogP contribution is -2.45. The van der Waals surface area contributed by atoms with Crippen LogP contribution in [0.1, 0.15) is 19.5 Å². The summed E-state index contributed by atoms with van der Waals surface area (Å²) < 4.78 is 0. The molecule has 0 spiro atoms. The van der Waals surface area contributed by atoms with Crippen molar-refractivity contribution >= 4 is 17.5 Å². The molecule has 1 aromatic heterocycles. The highest BCUT2D eigenvalue weighted by molar-refractivity contribution is 6.27. The summed E-state index contributed by atoms with van der Waals surface area (Å²) in [5.74, 6) is -0.163. The molecule has 4 heteroatoms. The summed E-state index contributed by atoms with van der Waals surface area (Å²) in [5, 5.41) is 2.84. The number of amides is 1. The fourth-order valence-corrected chi connectivity index (χ4v) is 1.48. The predicted molar refractivity (Wildman–Crippen MR) is 60.9 cm³/mol. The van der Waals surface area contributed by atoms with Crippen LogP contribution in [0.15, 0.2) is 24.4 Å². The molecule has 1 heterocycles. The second-order valence-electron chi connectivity index (χ2n) is 4.06. The summed E-state index contributed by atoms with van der Waals surface area (Å²) in [4.78, 5) is 15.4. The molecule has 0 aliphatic heterocycles. The summed E-state index contributed by atoms with van der Waals surface area (Å²) in [6.07, 6.45) is 2.44. The van der Waals surface area contributed by atoms with E-state index in [4.69, 9.17) is 11.6 Å². The third-order valence-corrected chi connectivity index (χ3v) is 2.19. The molecule has 82 valence electrons. The maximum Gasteiger partial charge on any atom is 0.235 e. The summed E-state index contributed by atoms with van der Waals surface area (Å²) in [5.41, 5.74) is 0.637. The Morgan fingerprint density at radius 2 is 2.27 bits per heavy atom. The number of pyridine rings is 1. The average molecular weight is 227 g/mol. The molecule has 1 N–H and O–H groups in total. The highest BCUT2D eigenvalue weighted by Crippen LogP contribution is 2.10. The Kier molecular flexibility index (Phi) is 4.09. The van der Waals surface area contributed by atoms with Crippen molar-refractivity contribution in [3.63, 3.8) is 0 Å². The molecule has 0 saturated heterocycles. The van der Waals surface area contributed by atoms with Crippen molar-refractivity contribution in [3.8, 4) is 0 Å². The van der Waals surface area contributed by atoms with Gasteiger partial charge in [-0.3, -0.25) is 9.78 Å². The fraction of sp³-hybridized carbons (Fsp3) is 0.455. The van der Waals surface area contributed by atoms with Gasteiger partial charge < -0.3 is 5.32 Å². The predicted octanol–water partition coefficient (Wildman–Crippen LogP) is 1.76. The van der Waals surface area contributed by atoms with Crippen molar-refractivity contribution < 1.29 is 4.79 Å². The Labute approximate surface area is 94.9 Å². The largest absolute Gasteiger partial charge is 0.350 e. The van der Waals surface area contributed by atoms with E-state index in [-0.39, 0.29) is 17.3 Å². The number of alkyl halides is 1. The van der Waals surface area contributed by atoms with E-state index in [1.54, 1.807) is 6.20 Å². The van der Waals surface area contributed by atoms with Gasteiger partial charge in [-0.05, 0) is 26.0 Å². The van der Waals surface area contributed by atoms with E-state index < -0.39 is 0 Å². The van der Waals surface area contributed by atoms with E-state index in [1.165, 1.54) is 0 Å². The van der Waals surface area contributed by atoms with Gasteiger partial charge in [-0.15, -0.1) is 11.6 Å². The van der Waals surface area contributed by atoms with Crippen LogP contribution in [0.4, 0.5) is 0 Å². The molecule has 0 saturated carbocycles. The topological polar surface area (TPSA) is 42.0 Å². The molecule has 1 amide bonds. The van der Waals surface area contributed by atoms with Crippen molar-refractivity contribution in [3.05, 3.63) is 30.1 Å². The molecule has 1 rings (SSSR count). The molecule has 15 heavy (non-hydrogen) atoms. The van der Waals surface area contributed by atoms with Crippen LogP contribution < -0.4 is 5.32 Å². The number of aromatic nitrogens is 1. The fourth-order valence-electron chi connectivity index (χ4n) is 1.41. The Morgan fingerprint density at radius 1 is 1.53 bits per heavy atom. The van der Waals surface area contributed by atoms with Crippen molar-refractivity contribution in [1.29, 1.82) is 0 Å². The van der Waals surface area contributed by atoms with Crippen LogP contribution in [0.5, 0.6) is 0 Å². The number of nitrogens with zero attached hydrogens (tertiary/aromatic N) is 1. The lowest BCUT2D eigenvalue weighted by molar-refractivity contribution is -0.120. The number of hydrogen-bond acceptors (Lipinski definition) is 2. The second-order valence-corrected chi connectivity index (χ2v) is 4.33. The van der Waals surface area contributed by atoms with Gasteiger partial charge in [-0.2, -0.15) is 0 Å². The van der Waals surface area contributed by atoms with Gasteiger partial charge in [0.15, 0.2) is 0 Å². The van der Waals surface area contributed by atoms with E-state index >= 15 is 0 Å². The molecule has 3 nitrogen and oxygen atoms in total. The Hall–Kier alpha value is -1.09. The zero-order valence-corrected chi connectivity index (χ0v) is 9.71. The first-order chi connectivity index (χ1) is 7.03. The number of nitrogens with one attached hydrogen (secondary N) is 1. The smallest absolute Gasteiger partial charge is 0.235 e. The molecule has 0 radical (unpaired) electrons. The van der Waals surface area contributed by atoms with Crippen LogP contribution in [0.25, 0.3) is 0 Å². The van der Waals surface area contributed by atoms with Crippen LogP contribution in [-0.2, 0) is 11.2 Å². The Bertz CT molecular complexity index is 325. The summed E-state index contributed by atoms with van der Waals surface area (Å²) in [6.45, 7) is 3.90. The minimum absolute atomic E-state index is 0.00829. The Balaban J connectivity index is 2.60. The van der Waals surface area contributed by atoms with Crippen LogP contribution >= 0.6 is 11.6 Å². The van der Waals surface area contributed by atoms with Crippen molar-refractivity contribution in [2.24, 2.45) is 0 Å². The molecule has 0 aliphatic rings. The number of carbonyl (C=O) groups excluding carboxylic acids is 1. The standard InChI is InChI=1S/C11H15ClN2O/c1-11(2,14-10(15)8-12)7-9-5-3-4-6-13-9/h3-6H,7-8H2,1-2H3,(H,14,15). The Morgan fingerprint density at radius 3 is 2.80 bits per heavy atom. The van der Waals surface area contributed by atoms with Crippen LogP contribution in [0.2, 0.25) is 0 Å². The van der Waals surface area contributed by atoms with E-state index in [1.807, 2.05) is 32.0 Å². The van der Waals surface area contributed by atoms with Gasteiger partial charge in [0, 0.05) is 23.9 Å². The van der Waals surface area contributed by atoms with E-state index in [0.29, 0.717) is 6.42 Å². The highest BCUT2D eigenvalue weighted by Gasteiger charge is 2.20. The molecular weight excluding hydrogens is 212 g/mol. The van der Waals surface area contributed by atoms with Crippen LogP contribution in [0, 0.1) is 0 Å². The van der Waals surface area contributed by atoms with Crippen LogP contribution in [0.3, 0.4) is 0 Å². The summed E-state index contributed by atoms with van der Waals surface area (Å²) in [6, 6.07) is 5.74. The van der Waals surface area contributed by atoms with E-state index in [0.717, 1.165) is 5.69 Å². The van der Waals surface area contributed by atoms with Crippen molar-refractivity contribution in [2.45, 2.75) is 25.8 Å². The monoisotopic (exact) mass is 226 g/mol. The zero-order valence-electron chi connectivity index (χ0n) is 8.96. The first-order valence-corrected chi connectivity index (χ1v) is 5.34. The zero-order chi connectivity index (χ0) is 11.3. The molecule has 0 bridgehead atoms. The maximum atomic E-state index is 11.2. The van der Waals surface area contributed by atoms with Gasteiger partial charge >= 0.3 is 0 Å². The number of halogens is 1. The molecule has 1 aromatic rings. The van der Waals surface area contributed by atoms with Crippen LogP contribution in [-0.4, -0.2) is 22.3 Å². The van der Waals surface area contributed by atoms with Crippen molar-refractivity contribution in [1.82, 2.24) is 10.3 Å². The van der Waals surface area contributed by atoms with Crippen molar-refractivity contribution in [2.75, 3.05) is 5.88 Å². The molecule has 0 fully saturated rings. The van der Waals surface area contributed by atoms with Gasteiger partial charge in [0.1, 0.15) is 5.88 Å². The number of carbonyl (C=O) groups is 1. The van der Waals surface area contributed by atoms with E-state index in [9.17, 15) is 4.79 Å².